The maximum Gasteiger partial charge on any atom is 0.165 e. The summed E-state index contributed by atoms with van der Waals surface area (Å²) in [5, 5.41) is 12.5. The number of benzene rings is 1. The van der Waals surface area contributed by atoms with Crippen molar-refractivity contribution >= 4 is 12.4 Å². The van der Waals surface area contributed by atoms with E-state index in [9.17, 15) is 9.50 Å². The minimum atomic E-state index is -0.349. The van der Waals surface area contributed by atoms with Crippen LogP contribution in [0.3, 0.4) is 0 Å². The zero-order valence-corrected chi connectivity index (χ0v) is 12.5. The largest absolute Gasteiger partial charge is 0.494 e. The number of aliphatic hydroxyl groups is 1. The molecule has 1 heterocycles. The van der Waals surface area contributed by atoms with Crippen LogP contribution < -0.4 is 10.1 Å². The summed E-state index contributed by atoms with van der Waals surface area (Å²) in [7, 11) is 1.46. The first-order valence-electron chi connectivity index (χ1n) is 6.65. The Hall–Kier alpha value is -0.880. The molecule has 1 aromatic rings. The fourth-order valence-electron chi connectivity index (χ4n) is 2.57. The van der Waals surface area contributed by atoms with Gasteiger partial charge in [0.25, 0.3) is 0 Å². The van der Waals surface area contributed by atoms with Crippen LogP contribution in [0.25, 0.3) is 0 Å². The van der Waals surface area contributed by atoms with Gasteiger partial charge in [0.1, 0.15) is 0 Å². The summed E-state index contributed by atoms with van der Waals surface area (Å²) in [6, 6.07) is 5.11. The van der Waals surface area contributed by atoms with Crippen molar-refractivity contribution in [1.82, 2.24) is 10.2 Å². The molecule has 0 unspecified atom stereocenters. The first-order chi connectivity index (χ1) is 9.26. The lowest BCUT2D eigenvalue weighted by Crippen LogP contribution is -2.45. The van der Waals surface area contributed by atoms with Gasteiger partial charge in [-0.05, 0) is 24.1 Å². The number of aliphatic hydroxyl groups excluding tert-OH is 1. The molecule has 1 aliphatic heterocycles. The highest BCUT2D eigenvalue weighted by Crippen LogP contribution is 2.28. The Bertz CT molecular complexity index is 414. The summed E-state index contributed by atoms with van der Waals surface area (Å²) in [5.74, 6) is -0.0927. The number of ether oxygens (including phenoxy) is 1. The highest BCUT2D eigenvalue weighted by atomic mass is 35.5. The van der Waals surface area contributed by atoms with E-state index in [0.717, 1.165) is 31.7 Å². The number of nitrogens with one attached hydrogen (secondary N) is 1. The molecule has 0 aromatic heterocycles. The molecular weight excluding hydrogens is 283 g/mol. The standard InChI is InChI=1S/C14H21FN2O2.ClH/c1-19-14-3-2-11(10-12(14)15)13(4-9-18)17-7-5-16-6-8-17;/h2-3,10,13,16,18H,4-9H2,1H3;1H/t13-;/m1./s1. The lowest BCUT2D eigenvalue weighted by atomic mass is 10.0. The Morgan fingerprint density at radius 1 is 1.40 bits per heavy atom. The topological polar surface area (TPSA) is 44.7 Å². The van der Waals surface area contributed by atoms with Gasteiger partial charge >= 0.3 is 0 Å². The number of hydrogen-bond acceptors (Lipinski definition) is 4. The first kappa shape index (κ1) is 17.2. The van der Waals surface area contributed by atoms with Crippen LogP contribution in [0, 0.1) is 5.82 Å². The molecule has 0 amide bonds. The van der Waals surface area contributed by atoms with E-state index in [2.05, 4.69) is 10.2 Å². The van der Waals surface area contributed by atoms with E-state index in [1.54, 1.807) is 6.07 Å². The van der Waals surface area contributed by atoms with E-state index in [0.29, 0.717) is 6.42 Å². The second-order valence-electron chi connectivity index (χ2n) is 4.71. The van der Waals surface area contributed by atoms with Crippen molar-refractivity contribution in [3.05, 3.63) is 29.6 Å². The predicted molar refractivity (Wildman–Crippen MR) is 79.1 cm³/mol. The molecule has 1 aliphatic rings. The van der Waals surface area contributed by atoms with E-state index in [-0.39, 0.29) is 36.6 Å². The number of rotatable bonds is 5. The van der Waals surface area contributed by atoms with Crippen LogP contribution >= 0.6 is 12.4 Å². The molecule has 1 fully saturated rings. The summed E-state index contributed by atoms with van der Waals surface area (Å²) in [5.41, 5.74) is 0.897. The molecule has 0 spiro atoms. The van der Waals surface area contributed by atoms with Crippen LogP contribution in [0.4, 0.5) is 4.39 Å². The fraction of sp³-hybridized carbons (Fsp3) is 0.571. The zero-order chi connectivity index (χ0) is 13.7. The van der Waals surface area contributed by atoms with Gasteiger partial charge in [0.2, 0.25) is 0 Å². The second kappa shape index (κ2) is 8.42. The molecule has 6 heteroatoms. The normalized spacial score (nSPS) is 17.4. The van der Waals surface area contributed by atoms with Gasteiger partial charge in [-0.3, -0.25) is 4.90 Å². The molecule has 4 nitrogen and oxygen atoms in total. The molecule has 1 aromatic carbocycles. The van der Waals surface area contributed by atoms with Crippen molar-refractivity contribution in [2.24, 2.45) is 0 Å². The quantitative estimate of drug-likeness (QED) is 0.867. The predicted octanol–water partition coefficient (Wildman–Crippen LogP) is 1.58. The minimum absolute atomic E-state index is 0. The molecule has 20 heavy (non-hydrogen) atoms. The van der Waals surface area contributed by atoms with Gasteiger partial charge < -0.3 is 15.2 Å². The molecular formula is C14H22ClFN2O2. The van der Waals surface area contributed by atoms with E-state index in [1.807, 2.05) is 6.07 Å². The monoisotopic (exact) mass is 304 g/mol. The summed E-state index contributed by atoms with van der Waals surface area (Å²) in [4.78, 5) is 2.29. The van der Waals surface area contributed by atoms with Gasteiger partial charge in [-0.1, -0.05) is 6.07 Å². The zero-order valence-electron chi connectivity index (χ0n) is 11.6. The van der Waals surface area contributed by atoms with Crippen LogP contribution in [0.2, 0.25) is 0 Å². The van der Waals surface area contributed by atoms with Crippen molar-refractivity contribution in [3.63, 3.8) is 0 Å². The van der Waals surface area contributed by atoms with Gasteiger partial charge in [-0.15, -0.1) is 12.4 Å². The number of halogens is 2. The van der Waals surface area contributed by atoms with Crippen LogP contribution in [0.1, 0.15) is 18.0 Å². The average Bonchev–Trinajstić information content (AvgIpc) is 2.45. The molecule has 0 aliphatic carbocycles. The van der Waals surface area contributed by atoms with Gasteiger partial charge in [-0.2, -0.15) is 0 Å². The van der Waals surface area contributed by atoms with Gasteiger partial charge in [0, 0.05) is 38.8 Å². The number of methoxy groups -OCH3 is 1. The fourth-order valence-corrected chi connectivity index (χ4v) is 2.57. The summed E-state index contributed by atoms with van der Waals surface area (Å²) in [6.45, 7) is 3.79. The van der Waals surface area contributed by atoms with Gasteiger partial charge in [-0.25, -0.2) is 4.39 Å². The number of hydrogen-bond donors (Lipinski definition) is 2. The molecule has 114 valence electrons. The SMILES string of the molecule is COc1ccc([C@@H](CCO)N2CCNCC2)cc1F.Cl. The Labute approximate surface area is 125 Å². The molecule has 0 radical (unpaired) electrons. The van der Waals surface area contributed by atoms with E-state index in [4.69, 9.17) is 4.74 Å². The van der Waals surface area contributed by atoms with Crippen molar-refractivity contribution in [2.75, 3.05) is 39.9 Å². The maximum atomic E-state index is 13.8. The van der Waals surface area contributed by atoms with Gasteiger partial charge in [0.15, 0.2) is 11.6 Å². The van der Waals surface area contributed by atoms with E-state index < -0.39 is 0 Å². The summed E-state index contributed by atoms with van der Waals surface area (Å²) < 4.78 is 18.7. The number of piperazine rings is 1. The molecule has 1 saturated heterocycles. The van der Waals surface area contributed by atoms with Crippen molar-refractivity contribution in [1.29, 1.82) is 0 Å². The molecule has 0 bridgehead atoms. The second-order valence-corrected chi connectivity index (χ2v) is 4.71. The smallest absolute Gasteiger partial charge is 0.165 e. The molecule has 1 atom stereocenters. The van der Waals surface area contributed by atoms with Crippen LogP contribution in [-0.4, -0.2) is 49.9 Å². The summed E-state index contributed by atoms with van der Waals surface area (Å²) in [6.07, 6.45) is 0.617. The summed E-state index contributed by atoms with van der Waals surface area (Å²) >= 11 is 0. The highest BCUT2D eigenvalue weighted by Gasteiger charge is 2.22. The molecule has 0 saturated carbocycles. The van der Waals surface area contributed by atoms with Crippen molar-refractivity contribution < 1.29 is 14.2 Å². The van der Waals surface area contributed by atoms with Crippen LogP contribution in [-0.2, 0) is 0 Å². The molecule has 2 N–H and O–H groups in total. The first-order valence-corrected chi connectivity index (χ1v) is 6.65. The van der Waals surface area contributed by atoms with Crippen LogP contribution in [0.5, 0.6) is 5.75 Å². The highest BCUT2D eigenvalue weighted by molar-refractivity contribution is 5.85. The third-order valence-corrected chi connectivity index (χ3v) is 3.56. The van der Waals surface area contributed by atoms with E-state index in [1.165, 1.54) is 13.2 Å². The Balaban J connectivity index is 0.00000200. The Kier molecular flexibility index (Phi) is 7.23. The maximum absolute atomic E-state index is 13.8. The third kappa shape index (κ3) is 4.06. The lowest BCUT2D eigenvalue weighted by Gasteiger charge is -2.35. The average molecular weight is 305 g/mol. The number of nitrogens with zero attached hydrogens (tertiary/aromatic N) is 1. The van der Waals surface area contributed by atoms with Crippen molar-refractivity contribution in [3.8, 4) is 5.75 Å². The van der Waals surface area contributed by atoms with Crippen molar-refractivity contribution in [2.45, 2.75) is 12.5 Å². The van der Waals surface area contributed by atoms with Crippen LogP contribution in [0.15, 0.2) is 18.2 Å². The van der Waals surface area contributed by atoms with Gasteiger partial charge in [0.05, 0.1) is 7.11 Å². The third-order valence-electron chi connectivity index (χ3n) is 3.56. The lowest BCUT2D eigenvalue weighted by molar-refractivity contribution is 0.141. The Morgan fingerprint density at radius 2 is 2.10 bits per heavy atom. The molecule has 2 rings (SSSR count). The van der Waals surface area contributed by atoms with E-state index >= 15 is 0 Å². The minimum Gasteiger partial charge on any atom is -0.494 e. The Morgan fingerprint density at radius 3 is 2.65 bits per heavy atom.